The van der Waals surface area contributed by atoms with Crippen molar-refractivity contribution in [1.82, 2.24) is 15.1 Å². The van der Waals surface area contributed by atoms with Gasteiger partial charge >= 0.3 is 0 Å². The molecule has 2 aromatic heterocycles. The Morgan fingerprint density at radius 3 is 3.11 bits per heavy atom. The molecule has 0 spiro atoms. The molecule has 2 heterocycles. The molecule has 0 aromatic carbocycles. The van der Waals surface area contributed by atoms with Crippen LogP contribution < -0.4 is 5.32 Å². The highest BCUT2D eigenvalue weighted by Gasteiger charge is 2.31. The fourth-order valence-electron chi connectivity index (χ4n) is 3.17. The van der Waals surface area contributed by atoms with E-state index in [0.29, 0.717) is 5.92 Å². The van der Waals surface area contributed by atoms with Crippen molar-refractivity contribution in [3.63, 3.8) is 0 Å². The molecule has 19 heavy (non-hydrogen) atoms. The largest absolute Gasteiger partial charge is 0.311 e. The van der Waals surface area contributed by atoms with Crippen molar-refractivity contribution >= 4 is 22.9 Å². The van der Waals surface area contributed by atoms with E-state index in [1.54, 1.807) is 6.20 Å². The van der Waals surface area contributed by atoms with Gasteiger partial charge in [0.1, 0.15) is 0 Å². The number of nitrogens with one attached hydrogen (secondary N) is 1. The van der Waals surface area contributed by atoms with Crippen LogP contribution in [0.3, 0.4) is 0 Å². The van der Waals surface area contributed by atoms with Crippen LogP contribution in [-0.4, -0.2) is 16.8 Å². The molecule has 102 valence electrons. The minimum absolute atomic E-state index is 0.230. The van der Waals surface area contributed by atoms with E-state index in [9.17, 15) is 0 Å². The zero-order valence-corrected chi connectivity index (χ0v) is 12.8. The lowest BCUT2D eigenvalue weighted by Gasteiger charge is -2.30. The molecule has 0 saturated heterocycles. The van der Waals surface area contributed by atoms with Crippen LogP contribution in [0.5, 0.6) is 0 Å². The second kappa shape index (κ2) is 5.27. The third-order valence-electron chi connectivity index (χ3n) is 4.04. The lowest BCUT2D eigenvalue weighted by atomic mass is 9.81. The first-order chi connectivity index (χ1) is 9.22. The zero-order valence-electron chi connectivity index (χ0n) is 11.2. The van der Waals surface area contributed by atoms with Crippen molar-refractivity contribution in [2.75, 3.05) is 7.05 Å². The molecule has 3 nitrogen and oxygen atoms in total. The third kappa shape index (κ3) is 2.22. The maximum absolute atomic E-state index is 6.32. The molecule has 5 heteroatoms. The number of rotatable bonds is 3. The molecule has 0 fully saturated rings. The van der Waals surface area contributed by atoms with Crippen LogP contribution in [0.15, 0.2) is 17.6 Å². The van der Waals surface area contributed by atoms with Crippen LogP contribution in [0.25, 0.3) is 0 Å². The molecule has 2 unspecified atom stereocenters. The predicted octanol–water partition coefficient (Wildman–Crippen LogP) is 3.52. The number of halogens is 1. The van der Waals surface area contributed by atoms with Gasteiger partial charge in [0.2, 0.25) is 0 Å². The van der Waals surface area contributed by atoms with Gasteiger partial charge in [-0.1, -0.05) is 11.6 Å². The molecule has 0 radical (unpaired) electrons. The van der Waals surface area contributed by atoms with E-state index in [1.807, 2.05) is 30.1 Å². The number of hydrogen-bond acceptors (Lipinski definition) is 3. The maximum atomic E-state index is 6.32. The normalized spacial score (nSPS) is 20.3. The summed E-state index contributed by atoms with van der Waals surface area (Å²) in [6.45, 7) is 0. The first-order valence-electron chi connectivity index (χ1n) is 6.63. The highest BCUT2D eigenvalue weighted by atomic mass is 35.5. The van der Waals surface area contributed by atoms with Crippen molar-refractivity contribution in [3.05, 3.63) is 38.8 Å². The Balaban J connectivity index is 2.01. The summed E-state index contributed by atoms with van der Waals surface area (Å²) in [5.74, 6) is 0.493. The number of hydrogen-bond donors (Lipinski definition) is 1. The summed E-state index contributed by atoms with van der Waals surface area (Å²) in [5, 5.41) is 10.7. The van der Waals surface area contributed by atoms with Gasteiger partial charge in [0, 0.05) is 17.8 Å². The molecule has 2 aromatic rings. The topological polar surface area (TPSA) is 29.9 Å². The molecular weight excluding hydrogens is 278 g/mol. The summed E-state index contributed by atoms with van der Waals surface area (Å²) in [6.07, 6.45) is 5.42. The number of fused-ring (bicyclic) bond motifs is 1. The molecule has 2 atom stereocenters. The van der Waals surface area contributed by atoms with Gasteiger partial charge in [-0.15, -0.1) is 11.3 Å². The lowest BCUT2D eigenvalue weighted by molar-refractivity contribution is 0.408. The van der Waals surface area contributed by atoms with E-state index in [2.05, 4.69) is 21.9 Å². The molecule has 0 amide bonds. The fraction of sp³-hybridized carbons (Fsp3) is 0.500. The second-order valence-corrected chi connectivity index (χ2v) is 6.47. The average molecular weight is 296 g/mol. The summed E-state index contributed by atoms with van der Waals surface area (Å²) in [7, 11) is 3.97. The number of thiophene rings is 1. The van der Waals surface area contributed by atoms with Crippen LogP contribution in [0, 0.1) is 0 Å². The zero-order chi connectivity index (χ0) is 13.4. The van der Waals surface area contributed by atoms with Crippen LogP contribution in [0.2, 0.25) is 5.02 Å². The highest BCUT2D eigenvalue weighted by molar-refractivity contribution is 7.10. The third-order valence-corrected chi connectivity index (χ3v) is 5.33. The Morgan fingerprint density at radius 1 is 1.58 bits per heavy atom. The van der Waals surface area contributed by atoms with Crippen molar-refractivity contribution in [1.29, 1.82) is 0 Å². The quantitative estimate of drug-likeness (QED) is 0.939. The number of aromatic nitrogens is 2. The van der Waals surface area contributed by atoms with Gasteiger partial charge < -0.3 is 5.32 Å². The number of aryl methyl sites for hydroxylation is 2. The first-order valence-corrected chi connectivity index (χ1v) is 7.89. The van der Waals surface area contributed by atoms with Crippen molar-refractivity contribution in [3.8, 4) is 0 Å². The van der Waals surface area contributed by atoms with Crippen molar-refractivity contribution in [2.24, 2.45) is 7.05 Å². The molecule has 1 N–H and O–H groups in total. The van der Waals surface area contributed by atoms with E-state index in [-0.39, 0.29) is 6.04 Å². The van der Waals surface area contributed by atoms with Gasteiger partial charge in [-0.25, -0.2) is 0 Å². The molecule has 1 aliphatic carbocycles. The lowest BCUT2D eigenvalue weighted by Crippen LogP contribution is -2.28. The molecular formula is C14H18ClN3S. The summed E-state index contributed by atoms with van der Waals surface area (Å²) in [4.78, 5) is 1.54. The van der Waals surface area contributed by atoms with Crippen LogP contribution in [0.1, 0.15) is 40.9 Å². The fourth-order valence-corrected chi connectivity index (χ4v) is 4.45. The first kappa shape index (κ1) is 13.2. The Morgan fingerprint density at radius 2 is 2.42 bits per heavy atom. The average Bonchev–Trinajstić information content (AvgIpc) is 3.01. The van der Waals surface area contributed by atoms with E-state index >= 15 is 0 Å². The summed E-state index contributed by atoms with van der Waals surface area (Å²) in [5.41, 5.74) is 2.58. The van der Waals surface area contributed by atoms with E-state index in [4.69, 9.17) is 11.6 Å². The van der Waals surface area contributed by atoms with E-state index in [1.165, 1.54) is 29.7 Å². The minimum Gasteiger partial charge on any atom is -0.311 e. The molecule has 3 rings (SSSR count). The number of likely N-dealkylation sites (N-methyl/N-ethyl adjacent to an activating group) is 1. The Hall–Kier alpha value is -0.840. The number of nitrogens with zero attached hydrogens (tertiary/aromatic N) is 2. The maximum Gasteiger partial charge on any atom is 0.0834 e. The molecule has 0 bridgehead atoms. The van der Waals surface area contributed by atoms with Crippen LogP contribution in [-0.2, 0) is 13.5 Å². The van der Waals surface area contributed by atoms with E-state index < -0.39 is 0 Å². The molecule has 1 aliphatic rings. The summed E-state index contributed by atoms with van der Waals surface area (Å²) in [6, 6.07) is 2.51. The van der Waals surface area contributed by atoms with Gasteiger partial charge in [-0.05, 0) is 43.3 Å². The van der Waals surface area contributed by atoms with Crippen molar-refractivity contribution < 1.29 is 0 Å². The van der Waals surface area contributed by atoms with Gasteiger partial charge in [-0.2, -0.15) is 5.10 Å². The smallest absolute Gasteiger partial charge is 0.0834 e. The van der Waals surface area contributed by atoms with Gasteiger partial charge in [0.25, 0.3) is 0 Å². The van der Waals surface area contributed by atoms with E-state index in [0.717, 1.165) is 10.7 Å². The Labute approximate surface area is 122 Å². The minimum atomic E-state index is 0.230. The van der Waals surface area contributed by atoms with Gasteiger partial charge in [-0.3, -0.25) is 4.68 Å². The second-order valence-electron chi connectivity index (χ2n) is 5.07. The SMILES string of the molecule is CNC(c1c(Cl)cnn1C)C1CCCc2sccc21. The standard InChI is InChI=1S/C14H18ClN3S/c1-16-13(14-11(15)8-17-18(14)2)10-4-3-5-12-9(10)6-7-19-12/h6-8,10,13,16H,3-5H2,1-2H3. The Kier molecular flexibility index (Phi) is 3.65. The summed E-state index contributed by atoms with van der Waals surface area (Å²) < 4.78 is 1.89. The van der Waals surface area contributed by atoms with Crippen LogP contribution >= 0.6 is 22.9 Å². The molecule has 0 saturated carbocycles. The molecule has 0 aliphatic heterocycles. The Bertz CT molecular complexity index is 556. The summed E-state index contributed by atoms with van der Waals surface area (Å²) >= 11 is 8.20. The predicted molar refractivity (Wildman–Crippen MR) is 80.0 cm³/mol. The van der Waals surface area contributed by atoms with Gasteiger partial charge in [0.05, 0.1) is 23.0 Å². The monoisotopic (exact) mass is 295 g/mol. The van der Waals surface area contributed by atoms with Gasteiger partial charge in [0.15, 0.2) is 0 Å². The van der Waals surface area contributed by atoms with Crippen LogP contribution in [0.4, 0.5) is 0 Å². The highest BCUT2D eigenvalue weighted by Crippen LogP contribution is 2.43. The van der Waals surface area contributed by atoms with Crippen molar-refractivity contribution in [2.45, 2.75) is 31.2 Å².